The highest BCUT2D eigenvalue weighted by Crippen LogP contribution is 2.31. The number of aliphatic hydroxyl groups is 1. The Hall–Kier alpha value is -1.73. The number of aryl methyl sites for hydroxylation is 4. The minimum Gasteiger partial charge on any atom is -0.372 e. The lowest BCUT2D eigenvalue weighted by atomic mass is 10.1. The van der Waals surface area contributed by atoms with Gasteiger partial charge in [-0.2, -0.15) is 0 Å². The summed E-state index contributed by atoms with van der Waals surface area (Å²) in [4.78, 5) is 0.248. The van der Waals surface area contributed by atoms with Crippen LogP contribution in [0.15, 0.2) is 41.3 Å². The average molecular weight is 348 g/mol. The van der Waals surface area contributed by atoms with E-state index in [1.54, 1.807) is 13.8 Å². The lowest BCUT2D eigenvalue weighted by Gasteiger charge is -2.16. The van der Waals surface area contributed by atoms with Crippen LogP contribution in [0.5, 0.6) is 0 Å². The Bertz CT molecular complexity index is 835. The van der Waals surface area contributed by atoms with Crippen LogP contribution in [0.4, 0.5) is 0 Å². The van der Waals surface area contributed by atoms with Gasteiger partial charge < -0.3 is 5.11 Å². The van der Waals surface area contributed by atoms with Gasteiger partial charge >= 0.3 is 0 Å². The predicted octanol–water partition coefficient (Wildman–Crippen LogP) is 2.00. The van der Waals surface area contributed by atoms with Crippen molar-refractivity contribution in [2.24, 2.45) is 10.9 Å². The fourth-order valence-electron chi connectivity index (χ4n) is 3.24. The minimum absolute atomic E-state index is 0.248. The molecular formula is C18H24N2O3S. The monoisotopic (exact) mass is 348 g/mol. The third-order valence-corrected chi connectivity index (χ3v) is 5.36. The molecule has 6 heteroatoms. The van der Waals surface area contributed by atoms with E-state index in [9.17, 15) is 13.5 Å². The van der Waals surface area contributed by atoms with E-state index in [0.717, 1.165) is 17.5 Å². The summed E-state index contributed by atoms with van der Waals surface area (Å²) >= 11 is 0. The topological polar surface area (TPSA) is 106 Å². The number of benzene rings is 2. The van der Waals surface area contributed by atoms with Crippen molar-refractivity contribution in [2.45, 2.75) is 44.2 Å². The zero-order valence-electron chi connectivity index (χ0n) is 14.2. The van der Waals surface area contributed by atoms with Gasteiger partial charge in [0.2, 0.25) is 10.0 Å². The van der Waals surface area contributed by atoms with Crippen molar-refractivity contribution in [3.63, 3.8) is 0 Å². The molecule has 0 spiro atoms. The highest BCUT2D eigenvalue weighted by Gasteiger charge is 2.31. The first-order valence-corrected chi connectivity index (χ1v) is 9.27. The van der Waals surface area contributed by atoms with Gasteiger partial charge in [-0.15, -0.1) is 0 Å². The molecule has 0 aliphatic heterocycles. The van der Waals surface area contributed by atoms with E-state index in [1.807, 2.05) is 43.3 Å². The van der Waals surface area contributed by atoms with Gasteiger partial charge in [0.15, 0.2) is 0 Å². The van der Waals surface area contributed by atoms with Crippen LogP contribution < -0.4 is 10.9 Å². The highest BCUT2D eigenvalue weighted by molar-refractivity contribution is 7.89. The second kappa shape index (κ2) is 6.64. The summed E-state index contributed by atoms with van der Waals surface area (Å²) in [6, 6.07) is 11.4. The van der Waals surface area contributed by atoms with Crippen molar-refractivity contribution in [3.8, 4) is 0 Å². The molecule has 0 aromatic heterocycles. The Morgan fingerprint density at radius 1 is 1.08 bits per heavy atom. The van der Waals surface area contributed by atoms with Gasteiger partial charge in [0.1, 0.15) is 5.72 Å². The van der Waals surface area contributed by atoms with E-state index in [2.05, 4.69) is 0 Å². The molecule has 0 amide bonds. The van der Waals surface area contributed by atoms with Gasteiger partial charge in [-0.25, -0.2) is 13.6 Å². The molecule has 1 atom stereocenters. The molecule has 2 aromatic carbocycles. The summed E-state index contributed by atoms with van der Waals surface area (Å²) in [5.41, 5.74) is 9.10. The smallest absolute Gasteiger partial charge is 0.238 e. The van der Waals surface area contributed by atoms with Crippen LogP contribution in [0.3, 0.4) is 0 Å². The Morgan fingerprint density at radius 2 is 1.62 bits per heavy atom. The van der Waals surface area contributed by atoms with E-state index >= 15 is 0 Å². The lowest BCUT2D eigenvalue weighted by molar-refractivity contribution is 0.0458. The first-order valence-electron chi connectivity index (χ1n) is 7.72. The summed E-state index contributed by atoms with van der Waals surface area (Å²) in [6.45, 7) is 5.42. The molecule has 2 aromatic rings. The second-order valence-corrected chi connectivity index (χ2v) is 7.85. The Morgan fingerprint density at radius 3 is 2.12 bits per heavy atom. The maximum atomic E-state index is 11.2. The van der Waals surface area contributed by atoms with Crippen LogP contribution in [0.2, 0.25) is 0 Å². The molecule has 0 saturated carbocycles. The molecule has 3 rings (SSSR count). The van der Waals surface area contributed by atoms with Crippen molar-refractivity contribution < 1.29 is 13.5 Å². The van der Waals surface area contributed by atoms with E-state index in [-0.39, 0.29) is 4.90 Å². The molecule has 0 fully saturated rings. The molecular weight excluding hydrogens is 324 g/mol. The van der Waals surface area contributed by atoms with Crippen molar-refractivity contribution in [3.05, 3.63) is 64.2 Å². The number of fused-ring (bicyclic) bond motifs is 1. The number of rotatable bonds is 1. The standard InChI is InChI=1S/C9H13NO2S.C9H11NO/c1-6-4-7(2)9(8(3)5-6)13(10,11)12;10-9(11)6-5-7-3-1-2-4-8(7)9/h4-5H,1-3H3,(H2,10,11,12);1-4,11H,5-6,10H2/t;9-/m.1/s1. The molecule has 24 heavy (non-hydrogen) atoms. The molecule has 130 valence electrons. The number of primary sulfonamides is 1. The van der Waals surface area contributed by atoms with Crippen LogP contribution in [-0.2, 0) is 22.2 Å². The molecule has 0 radical (unpaired) electrons. The fraction of sp³-hybridized carbons (Fsp3) is 0.333. The van der Waals surface area contributed by atoms with E-state index in [0.29, 0.717) is 17.5 Å². The highest BCUT2D eigenvalue weighted by atomic mass is 32.2. The molecule has 0 bridgehead atoms. The van der Waals surface area contributed by atoms with Gasteiger partial charge in [-0.3, -0.25) is 5.73 Å². The van der Waals surface area contributed by atoms with Crippen molar-refractivity contribution >= 4 is 10.0 Å². The maximum Gasteiger partial charge on any atom is 0.238 e. The van der Waals surface area contributed by atoms with Crippen LogP contribution >= 0.6 is 0 Å². The summed E-state index contributed by atoms with van der Waals surface area (Å²) in [7, 11) is -3.58. The summed E-state index contributed by atoms with van der Waals surface area (Å²) < 4.78 is 22.3. The quantitative estimate of drug-likeness (QED) is 0.685. The van der Waals surface area contributed by atoms with E-state index in [4.69, 9.17) is 10.9 Å². The zero-order chi connectivity index (χ0) is 18.1. The second-order valence-electron chi connectivity index (χ2n) is 6.35. The van der Waals surface area contributed by atoms with Crippen LogP contribution in [0.25, 0.3) is 0 Å². The van der Waals surface area contributed by atoms with Crippen LogP contribution in [0.1, 0.15) is 34.2 Å². The van der Waals surface area contributed by atoms with Gasteiger partial charge in [0.05, 0.1) is 4.90 Å². The first-order chi connectivity index (χ1) is 11.0. The Kier molecular flexibility index (Phi) is 5.15. The van der Waals surface area contributed by atoms with Crippen LogP contribution in [0, 0.1) is 20.8 Å². The predicted molar refractivity (Wildman–Crippen MR) is 94.9 cm³/mol. The van der Waals surface area contributed by atoms with E-state index < -0.39 is 15.7 Å². The van der Waals surface area contributed by atoms with E-state index in [1.165, 1.54) is 5.56 Å². The number of nitrogens with two attached hydrogens (primary N) is 2. The summed E-state index contributed by atoms with van der Waals surface area (Å²) in [6.07, 6.45) is 1.54. The van der Waals surface area contributed by atoms with Crippen LogP contribution in [-0.4, -0.2) is 13.5 Å². The third kappa shape index (κ3) is 4.02. The number of hydrogen-bond acceptors (Lipinski definition) is 4. The molecule has 1 aliphatic carbocycles. The van der Waals surface area contributed by atoms with Gasteiger partial charge in [-0.05, 0) is 50.3 Å². The molecule has 0 unspecified atom stereocenters. The largest absolute Gasteiger partial charge is 0.372 e. The fourth-order valence-corrected chi connectivity index (χ4v) is 4.25. The average Bonchev–Trinajstić information content (AvgIpc) is 2.73. The minimum atomic E-state index is -3.58. The SMILES string of the molecule is Cc1cc(C)c(S(N)(=O)=O)c(C)c1.N[C@@]1(O)CCc2ccccc21. The van der Waals surface area contributed by atoms with Gasteiger partial charge in [-0.1, -0.05) is 42.0 Å². The van der Waals surface area contributed by atoms with Gasteiger partial charge in [0, 0.05) is 5.56 Å². The number of hydrogen-bond donors (Lipinski definition) is 3. The Balaban J connectivity index is 0.000000175. The molecule has 5 N–H and O–H groups in total. The van der Waals surface area contributed by atoms with Gasteiger partial charge in [0.25, 0.3) is 0 Å². The van der Waals surface area contributed by atoms with Crippen molar-refractivity contribution in [1.82, 2.24) is 0 Å². The van der Waals surface area contributed by atoms with Crippen molar-refractivity contribution in [2.75, 3.05) is 0 Å². The molecule has 0 saturated heterocycles. The number of sulfonamides is 1. The maximum absolute atomic E-state index is 11.2. The Labute approximate surface area is 143 Å². The summed E-state index contributed by atoms with van der Waals surface area (Å²) in [5, 5.41) is 14.7. The molecule has 5 nitrogen and oxygen atoms in total. The molecule has 1 aliphatic rings. The van der Waals surface area contributed by atoms with Crippen molar-refractivity contribution in [1.29, 1.82) is 0 Å². The first kappa shape index (κ1) is 18.6. The summed E-state index contributed by atoms with van der Waals surface area (Å²) in [5.74, 6) is 0. The third-order valence-electron chi connectivity index (χ3n) is 4.15. The normalized spacial score (nSPS) is 19.4. The molecule has 0 heterocycles. The lowest BCUT2D eigenvalue weighted by Crippen LogP contribution is -2.33. The zero-order valence-corrected chi connectivity index (χ0v) is 15.0.